The van der Waals surface area contributed by atoms with Gasteiger partial charge in [-0.05, 0) is 53.9 Å². The van der Waals surface area contributed by atoms with Gasteiger partial charge < -0.3 is 20.9 Å². The quantitative estimate of drug-likeness (QED) is 0.432. The molecule has 3 rings (SSSR count). The van der Waals surface area contributed by atoms with Crippen molar-refractivity contribution >= 4 is 29.1 Å². The first-order valence-corrected chi connectivity index (χ1v) is 11.2. The lowest BCUT2D eigenvalue weighted by Gasteiger charge is -2.11. The van der Waals surface area contributed by atoms with Crippen molar-refractivity contribution in [3.05, 3.63) is 95.6 Å². The zero-order valence-corrected chi connectivity index (χ0v) is 19.5. The van der Waals surface area contributed by atoms with Gasteiger partial charge in [0.05, 0.1) is 6.54 Å². The van der Waals surface area contributed by atoms with E-state index in [1.807, 2.05) is 54.6 Å². The van der Waals surface area contributed by atoms with Crippen molar-refractivity contribution in [2.75, 3.05) is 31.3 Å². The number of rotatable bonds is 10. The molecule has 0 saturated heterocycles. The van der Waals surface area contributed by atoms with Crippen LogP contribution in [0.3, 0.4) is 0 Å². The van der Waals surface area contributed by atoms with Crippen LogP contribution in [-0.2, 0) is 22.6 Å². The van der Waals surface area contributed by atoms with Gasteiger partial charge in [-0.1, -0.05) is 42.5 Å². The van der Waals surface area contributed by atoms with E-state index in [2.05, 4.69) is 16.0 Å². The summed E-state index contributed by atoms with van der Waals surface area (Å²) in [7, 11) is 3.49. The average Bonchev–Trinajstić information content (AvgIpc) is 2.86. The van der Waals surface area contributed by atoms with Gasteiger partial charge >= 0.3 is 0 Å². The van der Waals surface area contributed by atoms with Crippen molar-refractivity contribution in [2.45, 2.75) is 19.4 Å². The minimum absolute atomic E-state index is 0.0810. The lowest BCUT2D eigenvalue weighted by molar-refractivity contribution is -0.128. The molecule has 0 saturated carbocycles. The Morgan fingerprint density at radius 1 is 0.794 bits per heavy atom. The predicted octanol–water partition coefficient (Wildman–Crippen LogP) is 3.69. The normalized spacial score (nSPS) is 10.3. The Hall–Kier alpha value is -4.13. The molecule has 0 aliphatic heterocycles. The van der Waals surface area contributed by atoms with Crippen LogP contribution in [0.15, 0.2) is 78.9 Å². The number of anilines is 2. The second-order valence-corrected chi connectivity index (χ2v) is 8.14. The van der Waals surface area contributed by atoms with Crippen LogP contribution in [0.25, 0.3) is 0 Å². The molecule has 0 radical (unpaired) electrons. The number of nitrogens with zero attached hydrogens (tertiary/aromatic N) is 1. The van der Waals surface area contributed by atoms with E-state index in [1.54, 1.807) is 43.3 Å². The SMILES string of the molecule is CN(C)C(=O)CCc1cccc(NCC(=O)Nc2ccc(C(=O)NCc3ccccc3)cc2)c1. The van der Waals surface area contributed by atoms with Crippen molar-refractivity contribution in [1.82, 2.24) is 10.2 Å². The van der Waals surface area contributed by atoms with Gasteiger partial charge in [-0.2, -0.15) is 0 Å². The maximum Gasteiger partial charge on any atom is 0.251 e. The van der Waals surface area contributed by atoms with Gasteiger partial charge in [0, 0.05) is 44.0 Å². The maximum atomic E-state index is 12.3. The Balaban J connectivity index is 1.44. The first-order valence-electron chi connectivity index (χ1n) is 11.2. The van der Waals surface area contributed by atoms with Gasteiger partial charge in [0.2, 0.25) is 11.8 Å². The van der Waals surface area contributed by atoms with Crippen LogP contribution in [0.4, 0.5) is 11.4 Å². The topological polar surface area (TPSA) is 90.5 Å². The van der Waals surface area contributed by atoms with Crippen molar-refractivity contribution < 1.29 is 14.4 Å². The summed E-state index contributed by atoms with van der Waals surface area (Å²) in [6, 6.07) is 24.2. The summed E-state index contributed by atoms with van der Waals surface area (Å²) in [5.41, 5.74) is 4.01. The molecule has 7 nitrogen and oxygen atoms in total. The highest BCUT2D eigenvalue weighted by Gasteiger charge is 2.08. The van der Waals surface area contributed by atoms with Crippen LogP contribution in [-0.4, -0.2) is 43.3 Å². The zero-order chi connectivity index (χ0) is 24.3. The molecule has 0 aromatic heterocycles. The number of carbonyl (C=O) groups is 3. The predicted molar refractivity (Wildman–Crippen MR) is 135 cm³/mol. The molecule has 0 aliphatic rings. The number of hydrogen-bond donors (Lipinski definition) is 3. The minimum Gasteiger partial charge on any atom is -0.376 e. The minimum atomic E-state index is -0.200. The molecule has 3 amide bonds. The molecule has 0 fully saturated rings. The molecule has 0 bridgehead atoms. The molecule has 34 heavy (non-hydrogen) atoms. The van der Waals surface area contributed by atoms with Crippen LogP contribution in [0.2, 0.25) is 0 Å². The molecule has 0 aliphatic carbocycles. The van der Waals surface area contributed by atoms with Gasteiger partial charge in [-0.3, -0.25) is 14.4 Å². The number of carbonyl (C=O) groups excluding carboxylic acids is 3. The highest BCUT2D eigenvalue weighted by Crippen LogP contribution is 2.13. The van der Waals surface area contributed by atoms with Gasteiger partial charge in [-0.15, -0.1) is 0 Å². The van der Waals surface area contributed by atoms with E-state index >= 15 is 0 Å². The Labute approximate surface area is 200 Å². The highest BCUT2D eigenvalue weighted by molar-refractivity contribution is 5.96. The molecule has 176 valence electrons. The van der Waals surface area contributed by atoms with Crippen molar-refractivity contribution in [1.29, 1.82) is 0 Å². The van der Waals surface area contributed by atoms with Gasteiger partial charge in [0.1, 0.15) is 0 Å². The fraction of sp³-hybridized carbons (Fsp3) is 0.222. The lowest BCUT2D eigenvalue weighted by Crippen LogP contribution is -2.23. The number of nitrogens with one attached hydrogen (secondary N) is 3. The van der Waals surface area contributed by atoms with Crippen molar-refractivity contribution in [3.63, 3.8) is 0 Å². The molecule has 0 spiro atoms. The van der Waals surface area contributed by atoms with E-state index in [-0.39, 0.29) is 24.3 Å². The molecule has 0 unspecified atom stereocenters. The molecule has 3 aromatic carbocycles. The van der Waals surface area contributed by atoms with Gasteiger partial charge in [0.25, 0.3) is 5.91 Å². The van der Waals surface area contributed by atoms with Crippen LogP contribution in [0.5, 0.6) is 0 Å². The zero-order valence-electron chi connectivity index (χ0n) is 19.5. The highest BCUT2D eigenvalue weighted by atomic mass is 16.2. The second-order valence-electron chi connectivity index (χ2n) is 8.14. The standard InChI is InChI=1S/C27H30N4O3/c1-31(2)26(33)16-11-20-9-6-10-24(17-20)28-19-25(32)30-23-14-12-22(13-15-23)27(34)29-18-21-7-4-3-5-8-21/h3-10,12-15,17,28H,11,16,18-19H2,1-2H3,(H,29,34)(H,30,32). The molecule has 7 heteroatoms. The number of amides is 3. The Morgan fingerprint density at radius 3 is 2.21 bits per heavy atom. The fourth-order valence-corrected chi connectivity index (χ4v) is 3.28. The summed E-state index contributed by atoms with van der Waals surface area (Å²) in [4.78, 5) is 38.0. The number of hydrogen-bond acceptors (Lipinski definition) is 4. The summed E-state index contributed by atoms with van der Waals surface area (Å²) < 4.78 is 0. The second kappa shape index (κ2) is 12.2. The molecule has 3 N–H and O–H groups in total. The molecule has 0 heterocycles. The van der Waals surface area contributed by atoms with E-state index in [9.17, 15) is 14.4 Å². The summed E-state index contributed by atoms with van der Waals surface area (Å²) in [5, 5.41) is 8.81. The van der Waals surface area contributed by atoms with Crippen molar-refractivity contribution in [2.24, 2.45) is 0 Å². The lowest BCUT2D eigenvalue weighted by atomic mass is 10.1. The first-order chi connectivity index (χ1) is 16.4. The molecule has 3 aromatic rings. The Morgan fingerprint density at radius 2 is 1.50 bits per heavy atom. The number of aryl methyl sites for hydroxylation is 1. The van der Waals surface area contributed by atoms with E-state index < -0.39 is 0 Å². The fourth-order valence-electron chi connectivity index (χ4n) is 3.28. The van der Waals surface area contributed by atoms with Gasteiger partial charge in [0.15, 0.2) is 0 Å². The Bertz CT molecular complexity index is 1110. The van der Waals surface area contributed by atoms with Crippen LogP contribution in [0.1, 0.15) is 27.9 Å². The third-order valence-corrected chi connectivity index (χ3v) is 5.23. The third-order valence-electron chi connectivity index (χ3n) is 5.23. The van der Waals surface area contributed by atoms with E-state index in [1.165, 1.54) is 0 Å². The monoisotopic (exact) mass is 458 g/mol. The number of benzene rings is 3. The third kappa shape index (κ3) is 7.78. The van der Waals surface area contributed by atoms with Crippen LogP contribution >= 0.6 is 0 Å². The van der Waals surface area contributed by atoms with E-state index in [4.69, 9.17) is 0 Å². The van der Waals surface area contributed by atoms with E-state index in [0.717, 1.165) is 16.8 Å². The smallest absolute Gasteiger partial charge is 0.251 e. The summed E-state index contributed by atoms with van der Waals surface area (Å²) in [5.74, 6) is -0.289. The molecular weight excluding hydrogens is 428 g/mol. The maximum absolute atomic E-state index is 12.3. The molecular formula is C27H30N4O3. The summed E-state index contributed by atoms with van der Waals surface area (Å²) in [6.07, 6.45) is 1.08. The summed E-state index contributed by atoms with van der Waals surface area (Å²) in [6.45, 7) is 0.552. The largest absolute Gasteiger partial charge is 0.376 e. The van der Waals surface area contributed by atoms with Crippen LogP contribution in [0, 0.1) is 0 Å². The van der Waals surface area contributed by atoms with Gasteiger partial charge in [-0.25, -0.2) is 0 Å². The van der Waals surface area contributed by atoms with E-state index in [0.29, 0.717) is 30.6 Å². The first kappa shape index (κ1) is 24.5. The summed E-state index contributed by atoms with van der Waals surface area (Å²) >= 11 is 0. The average molecular weight is 459 g/mol. The van der Waals surface area contributed by atoms with Crippen molar-refractivity contribution in [3.8, 4) is 0 Å². The molecule has 0 atom stereocenters. The Kier molecular flexibility index (Phi) is 8.80. The van der Waals surface area contributed by atoms with Crippen LogP contribution < -0.4 is 16.0 Å².